The second kappa shape index (κ2) is 13.8. The van der Waals surface area contributed by atoms with Gasteiger partial charge in [-0.25, -0.2) is 0 Å². The largest absolute Gasteiger partial charge is 1.00 e. The van der Waals surface area contributed by atoms with E-state index in [1.165, 1.54) is 6.92 Å². The standard InChI is InChI=1S/C13H22O7S.2Na/c1-3-5-6-7-8-9(12(14)15)11(13(16)17)10(4-2)21(18,19)20;;/h10H,3-8H2,1-2H3,(H,14,15)(H,16,17)(H,18,19,20);;/q;2*+1/p-2/b11-9-;;. The van der Waals surface area contributed by atoms with Crippen molar-refractivity contribution in [3.05, 3.63) is 11.1 Å². The van der Waals surface area contributed by atoms with Gasteiger partial charge in [0.05, 0.1) is 11.9 Å². The normalized spacial score (nSPS) is 13.2. The molecule has 0 aliphatic heterocycles. The smallest absolute Gasteiger partial charge is 0.545 e. The average Bonchev–Trinajstić information content (AvgIpc) is 2.34. The Balaban J connectivity index is -0.00000200. The zero-order valence-corrected chi connectivity index (χ0v) is 18.9. The first-order valence-electron chi connectivity index (χ1n) is 6.78. The summed E-state index contributed by atoms with van der Waals surface area (Å²) in [6, 6.07) is 0. The predicted molar refractivity (Wildman–Crippen MR) is 71.4 cm³/mol. The molecule has 0 spiro atoms. The monoisotopic (exact) mass is 366 g/mol. The van der Waals surface area contributed by atoms with Gasteiger partial charge in [-0.05, 0) is 24.8 Å². The van der Waals surface area contributed by atoms with Gasteiger partial charge < -0.3 is 19.8 Å². The summed E-state index contributed by atoms with van der Waals surface area (Å²) in [7, 11) is -4.74. The van der Waals surface area contributed by atoms with E-state index in [0.717, 1.165) is 12.8 Å². The van der Waals surface area contributed by atoms with Crippen molar-refractivity contribution in [1.82, 2.24) is 0 Å². The molecule has 7 nitrogen and oxygen atoms in total. The Morgan fingerprint density at radius 1 is 1.00 bits per heavy atom. The molecule has 0 aromatic rings. The Morgan fingerprint density at radius 3 is 1.83 bits per heavy atom. The number of carbonyl (C=O) groups is 2. The maximum atomic E-state index is 11.2. The first kappa shape index (κ1) is 28.4. The van der Waals surface area contributed by atoms with E-state index in [1.54, 1.807) is 0 Å². The molecule has 122 valence electrons. The van der Waals surface area contributed by atoms with Crippen molar-refractivity contribution in [2.45, 2.75) is 57.6 Å². The Kier molecular flexibility index (Phi) is 17.1. The molecule has 0 radical (unpaired) electrons. The zero-order valence-electron chi connectivity index (χ0n) is 14.1. The SMILES string of the molecule is CCCCCC/C(C(=O)[O-])=C(/C(=O)[O-])C(CC)S(=O)(=O)O.[Na+].[Na+]. The van der Waals surface area contributed by atoms with Crippen LogP contribution in [0.15, 0.2) is 11.1 Å². The minimum atomic E-state index is -4.74. The summed E-state index contributed by atoms with van der Waals surface area (Å²) in [5.74, 6) is -3.68. The first-order valence-corrected chi connectivity index (χ1v) is 8.29. The third-order valence-electron chi connectivity index (χ3n) is 3.12. The van der Waals surface area contributed by atoms with E-state index in [-0.39, 0.29) is 72.0 Å². The number of hydrogen-bond donors (Lipinski definition) is 1. The molecule has 1 atom stereocenters. The second-order valence-corrected chi connectivity index (χ2v) is 6.29. The van der Waals surface area contributed by atoms with Gasteiger partial charge in [0.2, 0.25) is 0 Å². The van der Waals surface area contributed by atoms with Gasteiger partial charge >= 0.3 is 59.1 Å². The van der Waals surface area contributed by atoms with Crippen LogP contribution in [0, 0.1) is 0 Å². The van der Waals surface area contributed by atoms with Crippen LogP contribution >= 0.6 is 0 Å². The van der Waals surface area contributed by atoms with Gasteiger partial charge in [-0.1, -0.05) is 33.1 Å². The maximum absolute atomic E-state index is 11.2. The van der Waals surface area contributed by atoms with E-state index in [2.05, 4.69) is 0 Å². The molecule has 0 aliphatic carbocycles. The molecule has 0 aliphatic rings. The van der Waals surface area contributed by atoms with Gasteiger partial charge in [0.1, 0.15) is 5.25 Å². The molecular formula is C13H20Na2O7S. The Bertz CT molecular complexity index is 514. The van der Waals surface area contributed by atoms with Crippen LogP contribution in [0.4, 0.5) is 0 Å². The molecule has 0 saturated heterocycles. The zero-order chi connectivity index (χ0) is 16.6. The van der Waals surface area contributed by atoms with Crippen molar-refractivity contribution in [3.8, 4) is 0 Å². The Morgan fingerprint density at radius 2 is 1.52 bits per heavy atom. The first-order chi connectivity index (χ1) is 9.66. The van der Waals surface area contributed by atoms with E-state index in [9.17, 15) is 28.2 Å². The number of unbranched alkanes of at least 4 members (excludes halogenated alkanes) is 3. The molecule has 23 heavy (non-hydrogen) atoms. The summed E-state index contributed by atoms with van der Waals surface area (Å²) < 4.78 is 31.5. The van der Waals surface area contributed by atoms with Gasteiger partial charge in [0, 0.05) is 5.57 Å². The molecular weight excluding hydrogens is 346 g/mol. The summed E-state index contributed by atoms with van der Waals surface area (Å²) >= 11 is 0. The quantitative estimate of drug-likeness (QED) is 0.176. The van der Waals surface area contributed by atoms with E-state index < -0.39 is 38.5 Å². The number of carboxylic acid groups (broad SMARTS) is 2. The number of carboxylic acids is 2. The number of aliphatic carboxylic acids is 2. The third-order valence-corrected chi connectivity index (χ3v) is 4.41. The fourth-order valence-corrected chi connectivity index (χ4v) is 3.05. The molecule has 1 N–H and O–H groups in total. The molecule has 0 bridgehead atoms. The van der Waals surface area contributed by atoms with Crippen molar-refractivity contribution in [3.63, 3.8) is 0 Å². The number of rotatable bonds is 10. The molecule has 0 heterocycles. The van der Waals surface area contributed by atoms with Gasteiger partial charge in [-0.3, -0.25) is 4.55 Å². The van der Waals surface area contributed by atoms with Gasteiger partial charge in [0.25, 0.3) is 10.1 Å². The minimum Gasteiger partial charge on any atom is -0.545 e. The predicted octanol–water partition coefficient (Wildman–Crippen LogP) is -6.57. The number of hydrogen-bond acceptors (Lipinski definition) is 6. The summed E-state index contributed by atoms with van der Waals surface area (Å²) in [4.78, 5) is 22.3. The van der Waals surface area contributed by atoms with Crippen LogP contribution in [0.5, 0.6) is 0 Å². The van der Waals surface area contributed by atoms with Crippen LogP contribution in [0.3, 0.4) is 0 Å². The third kappa shape index (κ3) is 10.2. The summed E-state index contributed by atoms with van der Waals surface area (Å²) in [5, 5.41) is 20.4. The Hall–Kier alpha value is 0.590. The topological polar surface area (TPSA) is 135 Å². The Labute approximate surface area is 181 Å². The van der Waals surface area contributed by atoms with Crippen molar-refractivity contribution in [2.75, 3.05) is 0 Å². The summed E-state index contributed by atoms with van der Waals surface area (Å²) in [6.45, 7) is 3.28. The molecule has 0 aromatic carbocycles. The van der Waals surface area contributed by atoms with Crippen LogP contribution in [-0.4, -0.2) is 30.2 Å². The molecule has 0 amide bonds. The fraction of sp³-hybridized carbons (Fsp3) is 0.692. The molecule has 0 aromatic heterocycles. The average molecular weight is 366 g/mol. The van der Waals surface area contributed by atoms with Crippen molar-refractivity contribution < 1.29 is 91.9 Å². The van der Waals surface area contributed by atoms with Crippen molar-refractivity contribution in [1.29, 1.82) is 0 Å². The van der Waals surface area contributed by atoms with Gasteiger partial charge in [-0.2, -0.15) is 8.42 Å². The molecule has 0 saturated carbocycles. The van der Waals surface area contributed by atoms with E-state index in [1.807, 2.05) is 6.92 Å². The van der Waals surface area contributed by atoms with Crippen LogP contribution < -0.4 is 69.3 Å². The van der Waals surface area contributed by atoms with Crippen LogP contribution in [0.2, 0.25) is 0 Å². The molecule has 1 unspecified atom stereocenters. The van der Waals surface area contributed by atoms with E-state index in [0.29, 0.717) is 12.8 Å². The molecule has 0 rings (SSSR count). The molecule has 0 fully saturated rings. The van der Waals surface area contributed by atoms with Crippen molar-refractivity contribution in [2.24, 2.45) is 0 Å². The number of carbonyl (C=O) groups excluding carboxylic acids is 2. The van der Waals surface area contributed by atoms with E-state index in [4.69, 9.17) is 4.55 Å². The van der Waals surface area contributed by atoms with Crippen molar-refractivity contribution >= 4 is 22.1 Å². The van der Waals surface area contributed by atoms with Gasteiger partial charge in [-0.15, -0.1) is 0 Å². The van der Waals surface area contributed by atoms with Crippen LogP contribution in [0.1, 0.15) is 52.4 Å². The molecule has 10 heteroatoms. The van der Waals surface area contributed by atoms with E-state index >= 15 is 0 Å². The minimum absolute atomic E-state index is 0. The van der Waals surface area contributed by atoms with Gasteiger partial charge in [0.15, 0.2) is 0 Å². The summed E-state index contributed by atoms with van der Waals surface area (Å²) in [5.41, 5.74) is -1.55. The fourth-order valence-electron chi connectivity index (χ4n) is 2.09. The van der Waals surface area contributed by atoms with Crippen LogP contribution in [-0.2, 0) is 19.7 Å². The maximum Gasteiger partial charge on any atom is 1.00 e. The second-order valence-electron chi connectivity index (χ2n) is 4.69. The van der Waals surface area contributed by atoms with Crippen LogP contribution in [0.25, 0.3) is 0 Å². The summed E-state index contributed by atoms with van der Waals surface area (Å²) in [6.07, 6.45) is 2.38.